The molecule has 1 aliphatic heterocycles. The van der Waals surface area contributed by atoms with Crippen molar-refractivity contribution >= 4 is 11.8 Å². The number of amides is 2. The summed E-state index contributed by atoms with van der Waals surface area (Å²) in [6, 6.07) is 17.6. The van der Waals surface area contributed by atoms with Crippen LogP contribution in [0.25, 0.3) is 17.1 Å². The smallest absolute Gasteiger partial charge is 0.426 e. The Balaban J connectivity index is 1.22. The van der Waals surface area contributed by atoms with Crippen LogP contribution in [0.1, 0.15) is 26.3 Å². The molecule has 8 nitrogen and oxygen atoms in total. The first-order valence-electron chi connectivity index (χ1n) is 10.9. The van der Waals surface area contributed by atoms with E-state index in [9.17, 15) is 31.5 Å². The number of imide groups is 1. The van der Waals surface area contributed by atoms with Gasteiger partial charge in [0.25, 0.3) is 11.8 Å². The van der Waals surface area contributed by atoms with Crippen molar-refractivity contribution in [3.05, 3.63) is 95.8 Å². The van der Waals surface area contributed by atoms with E-state index in [1.54, 1.807) is 48.5 Å². The molecule has 0 aliphatic carbocycles. The Labute approximate surface area is 210 Å². The molecule has 1 aromatic heterocycles. The van der Waals surface area contributed by atoms with Crippen LogP contribution in [0.2, 0.25) is 0 Å². The molecule has 0 unspecified atom stereocenters. The summed E-state index contributed by atoms with van der Waals surface area (Å²) < 4.78 is 68.1. The molecule has 13 heteroatoms. The number of carbonyl (C=O) groups is 2. The van der Waals surface area contributed by atoms with Crippen LogP contribution in [0.15, 0.2) is 79.1 Å². The Bertz CT molecular complexity index is 1470. The van der Waals surface area contributed by atoms with Gasteiger partial charge in [0.1, 0.15) is 18.7 Å². The molecular formula is C25H15F5N4O4. The highest BCUT2D eigenvalue weighted by molar-refractivity contribution is 6.20. The number of carbonyl (C=O) groups excluding carboxylic acids is 2. The summed E-state index contributed by atoms with van der Waals surface area (Å²) in [6.45, 7) is -0.0462. The predicted molar refractivity (Wildman–Crippen MR) is 120 cm³/mol. The summed E-state index contributed by atoms with van der Waals surface area (Å²) in [7, 11) is 0. The van der Waals surface area contributed by atoms with E-state index in [1.165, 1.54) is 23.1 Å². The minimum Gasteiger partial charge on any atom is -0.426 e. The van der Waals surface area contributed by atoms with Gasteiger partial charge in [-0.25, -0.2) is 9.67 Å². The number of alkyl halides is 5. The van der Waals surface area contributed by atoms with Gasteiger partial charge in [0, 0.05) is 5.56 Å². The average molecular weight is 530 g/mol. The van der Waals surface area contributed by atoms with Crippen molar-refractivity contribution < 1.29 is 41.1 Å². The zero-order chi connectivity index (χ0) is 27.1. The van der Waals surface area contributed by atoms with Crippen molar-refractivity contribution in [1.82, 2.24) is 19.8 Å². The first-order valence-corrected chi connectivity index (χ1v) is 10.9. The third-order valence-electron chi connectivity index (χ3n) is 5.50. The summed E-state index contributed by atoms with van der Waals surface area (Å²) in [4.78, 5) is 34.4. The summed E-state index contributed by atoms with van der Waals surface area (Å²) in [5, 5.41) is 5.01. The number of ether oxygens (including phenoxy) is 1. The predicted octanol–water partition coefficient (Wildman–Crippen LogP) is 5.20. The second kappa shape index (κ2) is 9.34. The van der Waals surface area contributed by atoms with Gasteiger partial charge in [-0.15, -0.1) is 10.2 Å². The number of rotatable bonds is 7. The molecule has 0 N–H and O–H groups in total. The first kappa shape index (κ1) is 25.0. The maximum absolute atomic E-state index is 13.1. The minimum atomic E-state index is -5.84. The Morgan fingerprint density at radius 1 is 0.789 bits per heavy atom. The molecule has 4 aromatic rings. The van der Waals surface area contributed by atoms with Crippen LogP contribution in [0, 0.1) is 0 Å². The first-order chi connectivity index (χ1) is 18.0. The molecule has 5 rings (SSSR count). The highest BCUT2D eigenvalue weighted by Gasteiger charge is 2.61. The second-order valence-electron chi connectivity index (χ2n) is 8.04. The molecule has 0 spiro atoms. The van der Waals surface area contributed by atoms with Gasteiger partial charge in [0.05, 0.1) is 16.8 Å². The topological polar surface area (TPSA) is 86.6 Å². The van der Waals surface area contributed by atoms with Gasteiger partial charge >= 0.3 is 12.3 Å². The lowest BCUT2D eigenvalue weighted by Crippen LogP contribution is -2.41. The van der Waals surface area contributed by atoms with Crippen LogP contribution in [0.5, 0.6) is 5.75 Å². The fourth-order valence-corrected chi connectivity index (χ4v) is 3.57. The van der Waals surface area contributed by atoms with E-state index in [4.69, 9.17) is 4.84 Å². The summed E-state index contributed by atoms with van der Waals surface area (Å²) in [5.41, 5.74) is 2.17. The van der Waals surface area contributed by atoms with E-state index < -0.39 is 29.8 Å². The highest BCUT2D eigenvalue weighted by atomic mass is 19.4. The average Bonchev–Trinajstić information content (AvgIpc) is 3.47. The van der Waals surface area contributed by atoms with Crippen molar-refractivity contribution in [3.8, 4) is 22.8 Å². The number of nitrogens with zero attached hydrogens (tertiary/aromatic N) is 4. The number of hydroxylamine groups is 2. The Kier molecular flexibility index (Phi) is 6.15. The maximum Gasteiger partial charge on any atom is 0.499 e. The highest BCUT2D eigenvalue weighted by Crippen LogP contribution is 2.37. The van der Waals surface area contributed by atoms with E-state index >= 15 is 0 Å². The Morgan fingerprint density at radius 2 is 1.39 bits per heavy atom. The Hall–Kier alpha value is -4.65. The number of fused-ring (bicyclic) bond motifs is 1. The van der Waals surface area contributed by atoms with Gasteiger partial charge in [0.15, 0.2) is 5.82 Å². The van der Waals surface area contributed by atoms with E-state index in [0.717, 1.165) is 17.2 Å². The summed E-state index contributed by atoms with van der Waals surface area (Å²) >= 11 is 0. The normalized spacial score (nSPS) is 13.7. The van der Waals surface area contributed by atoms with Gasteiger partial charge in [-0.05, 0) is 42.0 Å². The van der Waals surface area contributed by atoms with Crippen LogP contribution in [-0.4, -0.2) is 43.9 Å². The van der Waals surface area contributed by atoms with Crippen molar-refractivity contribution in [1.29, 1.82) is 0 Å². The maximum atomic E-state index is 13.1. The fraction of sp³-hybridized carbons (Fsp3) is 0.120. The van der Waals surface area contributed by atoms with Crippen molar-refractivity contribution in [2.45, 2.75) is 18.9 Å². The second-order valence-corrected chi connectivity index (χ2v) is 8.04. The zero-order valence-electron chi connectivity index (χ0n) is 19.0. The number of benzene rings is 3. The minimum absolute atomic E-state index is 0.0462. The quantitative estimate of drug-likeness (QED) is 0.241. The summed E-state index contributed by atoms with van der Waals surface area (Å²) in [5.74, 6) is -1.44. The molecule has 194 valence electrons. The van der Waals surface area contributed by atoms with Gasteiger partial charge in [-0.2, -0.15) is 22.0 Å². The van der Waals surface area contributed by atoms with Crippen molar-refractivity contribution in [2.24, 2.45) is 0 Å². The van der Waals surface area contributed by atoms with Crippen molar-refractivity contribution in [2.75, 3.05) is 0 Å². The molecule has 38 heavy (non-hydrogen) atoms. The van der Waals surface area contributed by atoms with Crippen LogP contribution in [0.3, 0.4) is 0 Å². The van der Waals surface area contributed by atoms with Gasteiger partial charge in [0.2, 0.25) is 0 Å². The number of aromatic nitrogens is 3. The van der Waals surface area contributed by atoms with Crippen LogP contribution in [0.4, 0.5) is 22.0 Å². The van der Waals surface area contributed by atoms with E-state index in [-0.39, 0.29) is 17.7 Å². The van der Waals surface area contributed by atoms with Gasteiger partial charge in [-0.3, -0.25) is 14.4 Å². The van der Waals surface area contributed by atoms with Crippen LogP contribution in [-0.2, 0) is 11.4 Å². The third-order valence-corrected chi connectivity index (χ3v) is 5.50. The largest absolute Gasteiger partial charge is 0.499 e. The molecule has 0 fully saturated rings. The molecule has 0 saturated heterocycles. The molecule has 0 radical (unpaired) electrons. The van der Waals surface area contributed by atoms with E-state index in [2.05, 4.69) is 14.8 Å². The fourth-order valence-electron chi connectivity index (χ4n) is 3.57. The van der Waals surface area contributed by atoms with E-state index in [0.29, 0.717) is 22.6 Å². The zero-order valence-corrected chi connectivity index (χ0v) is 19.0. The van der Waals surface area contributed by atoms with Crippen LogP contribution < -0.4 is 4.74 Å². The lowest BCUT2D eigenvalue weighted by atomic mass is 10.1. The lowest BCUT2D eigenvalue weighted by molar-refractivity contribution is -0.360. The SMILES string of the molecule is O=C1c2ccccc2C(=O)N1OCc1ccc(-c2ncn(-c3ccc(OC(F)(F)C(F)(F)F)cc3)n2)cc1. The van der Waals surface area contributed by atoms with Gasteiger partial charge < -0.3 is 4.74 Å². The number of hydrogen-bond acceptors (Lipinski definition) is 6. The number of halogens is 5. The third kappa shape index (κ3) is 4.70. The molecule has 0 bridgehead atoms. The molecule has 0 saturated carbocycles. The Morgan fingerprint density at radius 3 is 1.97 bits per heavy atom. The number of hydrogen-bond donors (Lipinski definition) is 0. The van der Waals surface area contributed by atoms with E-state index in [1.807, 2.05) is 0 Å². The molecule has 1 aliphatic rings. The monoisotopic (exact) mass is 530 g/mol. The molecule has 2 heterocycles. The standard InChI is InChI=1S/C25H15F5N4O4/c26-24(27,28)25(29,30)38-18-11-9-17(10-12-18)33-14-31-21(32-33)16-7-5-15(6-8-16)13-37-34-22(35)19-3-1-2-4-20(19)23(34)36/h1-12,14H,13H2. The van der Waals surface area contributed by atoms with Crippen LogP contribution >= 0.6 is 0 Å². The van der Waals surface area contributed by atoms with Crippen molar-refractivity contribution in [3.63, 3.8) is 0 Å². The molecular weight excluding hydrogens is 515 g/mol. The van der Waals surface area contributed by atoms with Gasteiger partial charge in [-0.1, -0.05) is 36.4 Å². The molecule has 2 amide bonds. The lowest BCUT2D eigenvalue weighted by Gasteiger charge is -2.20. The summed E-state index contributed by atoms with van der Waals surface area (Å²) in [6.07, 6.45) is -9.82. The molecule has 3 aromatic carbocycles. The molecule has 0 atom stereocenters.